The smallest absolute Gasteiger partial charge is 0.271 e. The highest BCUT2D eigenvalue weighted by Crippen LogP contribution is 2.39. The Morgan fingerprint density at radius 3 is 2.83 bits per heavy atom. The molecule has 1 aromatic heterocycles. The Bertz CT molecular complexity index is 414. The van der Waals surface area contributed by atoms with Gasteiger partial charge in [0.05, 0.1) is 0 Å². The molecule has 1 amide bonds. The van der Waals surface area contributed by atoms with Crippen LogP contribution in [0.2, 0.25) is 0 Å². The van der Waals surface area contributed by atoms with Gasteiger partial charge in [0, 0.05) is 31.2 Å². The zero-order valence-electron chi connectivity index (χ0n) is 11.1. The van der Waals surface area contributed by atoms with E-state index in [1.165, 1.54) is 18.5 Å². The number of hydrogen-bond donors (Lipinski definition) is 2. The minimum absolute atomic E-state index is 0. The monoisotopic (exact) mass is 272 g/mol. The number of carbonyl (C=O) groups is 1. The van der Waals surface area contributed by atoms with Gasteiger partial charge in [-0.15, -0.1) is 12.4 Å². The van der Waals surface area contributed by atoms with Gasteiger partial charge < -0.3 is 10.6 Å². The first-order chi connectivity index (χ1) is 8.11. The van der Waals surface area contributed by atoms with Gasteiger partial charge in [0.15, 0.2) is 0 Å². The van der Waals surface area contributed by atoms with Crippen LogP contribution in [0.15, 0.2) is 6.07 Å². The molecular weight excluding hydrogens is 252 g/mol. The quantitative estimate of drug-likeness (QED) is 0.843. The van der Waals surface area contributed by atoms with Crippen molar-refractivity contribution < 1.29 is 4.79 Å². The summed E-state index contributed by atoms with van der Waals surface area (Å²) in [6.45, 7) is 2.64. The molecule has 102 valence electrons. The second kappa shape index (κ2) is 6.20. The van der Waals surface area contributed by atoms with E-state index in [-0.39, 0.29) is 24.4 Å². The summed E-state index contributed by atoms with van der Waals surface area (Å²) >= 11 is 0. The van der Waals surface area contributed by atoms with Crippen molar-refractivity contribution in [2.24, 2.45) is 7.05 Å². The fraction of sp³-hybridized carbons (Fsp3) is 0.667. The zero-order chi connectivity index (χ0) is 12.4. The van der Waals surface area contributed by atoms with Crippen LogP contribution < -0.4 is 10.6 Å². The summed E-state index contributed by atoms with van der Waals surface area (Å²) in [5.74, 6) is 0.528. The predicted molar refractivity (Wildman–Crippen MR) is 73.3 cm³/mol. The van der Waals surface area contributed by atoms with Crippen molar-refractivity contribution in [2.45, 2.75) is 31.7 Å². The molecule has 5 nitrogen and oxygen atoms in total. The van der Waals surface area contributed by atoms with E-state index in [9.17, 15) is 4.79 Å². The van der Waals surface area contributed by atoms with Gasteiger partial charge in [-0.2, -0.15) is 5.10 Å². The molecule has 1 heterocycles. The molecule has 1 aromatic rings. The standard InChI is InChI=1S/C12H20N4O.ClH/c1-8(13-2)7-14-12(17)10-6-11(9-4-5-9)16(3)15-10;/h6,8-9,13H,4-5,7H2,1-3H3,(H,14,17);1H. The third-order valence-corrected chi connectivity index (χ3v) is 3.21. The lowest BCUT2D eigenvalue weighted by atomic mass is 10.2. The van der Waals surface area contributed by atoms with Crippen molar-refractivity contribution >= 4 is 18.3 Å². The lowest BCUT2D eigenvalue weighted by molar-refractivity contribution is 0.0945. The fourth-order valence-electron chi connectivity index (χ4n) is 1.79. The van der Waals surface area contributed by atoms with Gasteiger partial charge in [-0.25, -0.2) is 0 Å². The lowest BCUT2D eigenvalue weighted by Crippen LogP contribution is -2.37. The summed E-state index contributed by atoms with van der Waals surface area (Å²) in [7, 11) is 3.78. The minimum atomic E-state index is -0.0883. The Kier molecular flexibility index (Phi) is 5.16. The summed E-state index contributed by atoms with van der Waals surface area (Å²) in [6, 6.07) is 2.18. The molecule has 0 spiro atoms. The maximum Gasteiger partial charge on any atom is 0.271 e. The maximum absolute atomic E-state index is 11.9. The number of aromatic nitrogens is 2. The van der Waals surface area contributed by atoms with E-state index in [1.807, 2.05) is 31.8 Å². The van der Waals surface area contributed by atoms with Gasteiger partial charge in [-0.1, -0.05) is 0 Å². The van der Waals surface area contributed by atoms with Crippen LogP contribution in [-0.2, 0) is 7.05 Å². The first-order valence-electron chi connectivity index (χ1n) is 6.11. The molecule has 1 atom stereocenters. The van der Waals surface area contributed by atoms with E-state index < -0.39 is 0 Å². The van der Waals surface area contributed by atoms with E-state index >= 15 is 0 Å². The van der Waals surface area contributed by atoms with E-state index in [0.717, 1.165) is 0 Å². The largest absolute Gasteiger partial charge is 0.349 e. The molecule has 1 unspecified atom stereocenters. The molecule has 0 aromatic carbocycles. The number of amides is 1. The van der Waals surface area contributed by atoms with Gasteiger partial charge in [-0.05, 0) is 32.9 Å². The van der Waals surface area contributed by atoms with Crippen molar-refractivity contribution in [3.63, 3.8) is 0 Å². The number of hydrogen-bond acceptors (Lipinski definition) is 3. The minimum Gasteiger partial charge on any atom is -0.349 e. The maximum atomic E-state index is 11.9. The van der Waals surface area contributed by atoms with E-state index in [2.05, 4.69) is 15.7 Å². The van der Waals surface area contributed by atoms with Crippen LogP contribution in [0.25, 0.3) is 0 Å². The summed E-state index contributed by atoms with van der Waals surface area (Å²) < 4.78 is 1.83. The Labute approximate surface area is 114 Å². The van der Waals surface area contributed by atoms with Crippen molar-refractivity contribution in [2.75, 3.05) is 13.6 Å². The molecule has 1 aliphatic rings. The molecule has 6 heteroatoms. The van der Waals surface area contributed by atoms with Crippen molar-refractivity contribution in [1.29, 1.82) is 0 Å². The predicted octanol–water partition coefficient (Wildman–Crippen LogP) is 1.06. The third kappa shape index (κ3) is 3.46. The Hall–Kier alpha value is -1.07. The zero-order valence-corrected chi connectivity index (χ0v) is 11.9. The molecule has 0 radical (unpaired) electrons. The molecule has 0 bridgehead atoms. The summed E-state index contributed by atoms with van der Waals surface area (Å²) in [5.41, 5.74) is 1.70. The summed E-state index contributed by atoms with van der Waals surface area (Å²) in [4.78, 5) is 11.9. The molecule has 1 saturated carbocycles. The topological polar surface area (TPSA) is 58.9 Å². The van der Waals surface area contributed by atoms with E-state index in [1.54, 1.807) is 0 Å². The van der Waals surface area contributed by atoms with Crippen LogP contribution in [0.1, 0.15) is 41.9 Å². The molecule has 1 fully saturated rings. The number of aryl methyl sites for hydroxylation is 1. The van der Waals surface area contributed by atoms with Gasteiger partial charge >= 0.3 is 0 Å². The number of nitrogens with one attached hydrogen (secondary N) is 2. The number of likely N-dealkylation sites (N-methyl/N-ethyl adjacent to an activating group) is 1. The highest BCUT2D eigenvalue weighted by Gasteiger charge is 2.28. The first kappa shape index (κ1) is 15.0. The molecule has 2 rings (SSSR count). The number of nitrogens with zero attached hydrogens (tertiary/aromatic N) is 2. The van der Waals surface area contributed by atoms with Crippen molar-refractivity contribution in [1.82, 2.24) is 20.4 Å². The molecular formula is C12H21ClN4O. The Morgan fingerprint density at radius 1 is 1.61 bits per heavy atom. The van der Waals surface area contributed by atoms with Gasteiger partial charge in [0.2, 0.25) is 0 Å². The Morgan fingerprint density at radius 2 is 2.28 bits per heavy atom. The second-order valence-corrected chi connectivity index (χ2v) is 4.75. The third-order valence-electron chi connectivity index (χ3n) is 3.21. The van der Waals surface area contributed by atoms with Crippen LogP contribution in [0.5, 0.6) is 0 Å². The van der Waals surface area contributed by atoms with E-state index in [4.69, 9.17) is 0 Å². The summed E-state index contributed by atoms with van der Waals surface area (Å²) in [5, 5.41) is 10.2. The fourth-order valence-corrected chi connectivity index (χ4v) is 1.79. The number of carbonyl (C=O) groups excluding carboxylic acids is 1. The van der Waals surface area contributed by atoms with Gasteiger partial charge in [0.1, 0.15) is 5.69 Å². The molecule has 0 aliphatic heterocycles. The summed E-state index contributed by atoms with van der Waals surface area (Å²) in [6.07, 6.45) is 2.44. The average Bonchev–Trinajstić information content (AvgIpc) is 3.09. The van der Waals surface area contributed by atoms with Gasteiger partial charge in [-0.3, -0.25) is 9.48 Å². The molecule has 0 saturated heterocycles. The van der Waals surface area contributed by atoms with Crippen LogP contribution in [-0.4, -0.2) is 35.3 Å². The molecule has 2 N–H and O–H groups in total. The molecule has 18 heavy (non-hydrogen) atoms. The second-order valence-electron chi connectivity index (χ2n) is 4.75. The van der Waals surface area contributed by atoms with Crippen LogP contribution in [0.4, 0.5) is 0 Å². The van der Waals surface area contributed by atoms with E-state index in [0.29, 0.717) is 18.2 Å². The van der Waals surface area contributed by atoms with Crippen LogP contribution in [0.3, 0.4) is 0 Å². The van der Waals surface area contributed by atoms with Crippen molar-refractivity contribution in [3.05, 3.63) is 17.5 Å². The average molecular weight is 273 g/mol. The normalized spacial score (nSPS) is 15.9. The number of rotatable bonds is 5. The van der Waals surface area contributed by atoms with Gasteiger partial charge in [0.25, 0.3) is 5.91 Å². The highest BCUT2D eigenvalue weighted by atomic mass is 35.5. The lowest BCUT2D eigenvalue weighted by Gasteiger charge is -2.09. The first-order valence-corrected chi connectivity index (χ1v) is 6.11. The van der Waals surface area contributed by atoms with Crippen molar-refractivity contribution in [3.8, 4) is 0 Å². The van der Waals surface area contributed by atoms with Crippen LogP contribution in [0, 0.1) is 0 Å². The SMILES string of the molecule is CNC(C)CNC(=O)c1cc(C2CC2)n(C)n1.Cl. The molecule has 1 aliphatic carbocycles. The Balaban J connectivity index is 0.00000162. The van der Waals surface area contributed by atoms with Crippen LogP contribution >= 0.6 is 12.4 Å². The number of halogens is 1. The highest BCUT2D eigenvalue weighted by molar-refractivity contribution is 5.92.